The van der Waals surface area contributed by atoms with E-state index in [1.807, 2.05) is 0 Å². The Morgan fingerprint density at radius 3 is 0.767 bits per heavy atom. The van der Waals surface area contributed by atoms with Gasteiger partial charge >= 0.3 is 17.9 Å². The van der Waals surface area contributed by atoms with E-state index in [1.54, 1.807) is 0 Å². The Kier molecular flexibility index (Phi) is 60.2. The maximum Gasteiger partial charge on any atom is 0.306 e. The molecule has 0 saturated heterocycles. The summed E-state index contributed by atoms with van der Waals surface area (Å²) in [5, 5.41) is 0. The zero-order valence-corrected chi connectivity index (χ0v) is 49.2. The maximum absolute atomic E-state index is 12.9. The number of hydrogen-bond acceptors (Lipinski definition) is 6. The van der Waals surface area contributed by atoms with Gasteiger partial charge in [0.05, 0.1) is 0 Å². The van der Waals surface area contributed by atoms with E-state index in [2.05, 4.69) is 57.2 Å². The summed E-state index contributed by atoms with van der Waals surface area (Å²) in [6.07, 6.45) is 76.1. The molecule has 0 radical (unpaired) electrons. The molecule has 0 bridgehead atoms. The van der Waals surface area contributed by atoms with Crippen molar-refractivity contribution in [3.8, 4) is 0 Å². The lowest BCUT2D eigenvalue weighted by Gasteiger charge is -2.18. The molecule has 0 rings (SSSR count). The van der Waals surface area contributed by atoms with Gasteiger partial charge in [-0.2, -0.15) is 0 Å². The summed E-state index contributed by atoms with van der Waals surface area (Å²) in [6.45, 7) is 6.64. The monoisotopic (exact) mass is 1020 g/mol. The summed E-state index contributed by atoms with van der Waals surface area (Å²) in [5.74, 6) is -0.857. The molecule has 0 aliphatic heterocycles. The normalized spacial score (nSPS) is 12.2. The van der Waals surface area contributed by atoms with Crippen molar-refractivity contribution in [2.24, 2.45) is 0 Å². The fourth-order valence-corrected chi connectivity index (χ4v) is 9.71. The smallest absolute Gasteiger partial charge is 0.306 e. The Labute approximate surface area is 455 Å². The minimum atomic E-state index is -0.769. The molecule has 0 fully saturated rings. The molecular formula is C67H124O6. The lowest BCUT2D eigenvalue weighted by molar-refractivity contribution is -0.167. The van der Waals surface area contributed by atoms with Crippen molar-refractivity contribution in [1.82, 2.24) is 0 Å². The van der Waals surface area contributed by atoms with E-state index in [0.717, 1.165) is 64.2 Å². The van der Waals surface area contributed by atoms with E-state index in [9.17, 15) is 14.4 Å². The Balaban J connectivity index is 4.07. The zero-order valence-electron chi connectivity index (χ0n) is 49.2. The number of unbranched alkanes of at least 4 members (excludes halogenated alkanes) is 43. The van der Waals surface area contributed by atoms with E-state index < -0.39 is 6.10 Å². The Morgan fingerprint density at radius 1 is 0.274 bits per heavy atom. The molecular weight excluding hydrogens is 901 g/mol. The van der Waals surface area contributed by atoms with Crippen molar-refractivity contribution >= 4 is 17.9 Å². The van der Waals surface area contributed by atoms with Crippen molar-refractivity contribution in [2.45, 2.75) is 361 Å². The molecule has 6 nitrogen and oxygen atoms in total. The van der Waals surface area contributed by atoms with E-state index in [0.29, 0.717) is 19.3 Å². The first-order chi connectivity index (χ1) is 36.0. The second-order valence-corrected chi connectivity index (χ2v) is 22.0. The van der Waals surface area contributed by atoms with Gasteiger partial charge in [0, 0.05) is 19.3 Å². The number of carbonyl (C=O) groups is 3. The highest BCUT2D eigenvalue weighted by Crippen LogP contribution is 2.17. The third kappa shape index (κ3) is 60.4. The van der Waals surface area contributed by atoms with Gasteiger partial charge in [-0.1, -0.05) is 295 Å². The minimum absolute atomic E-state index is 0.0689. The van der Waals surface area contributed by atoms with Crippen LogP contribution in [-0.4, -0.2) is 37.2 Å². The Hall–Kier alpha value is -2.37. The van der Waals surface area contributed by atoms with Crippen LogP contribution in [0.5, 0.6) is 0 Å². The van der Waals surface area contributed by atoms with Gasteiger partial charge < -0.3 is 14.2 Å². The van der Waals surface area contributed by atoms with Gasteiger partial charge in [0.25, 0.3) is 0 Å². The van der Waals surface area contributed by atoms with Crippen molar-refractivity contribution < 1.29 is 28.6 Å². The SMILES string of the molecule is CCCCCCC/C=C\C/C=C\CCCCCCCCCCCCCCCCCC(=O)OCC(COC(=O)CCCCCCCCC)OC(=O)CCCCCCCCCCC/C=C\CCCCCCCCCC. The first-order valence-electron chi connectivity index (χ1n) is 32.5. The molecule has 1 atom stereocenters. The van der Waals surface area contributed by atoms with Gasteiger partial charge in [0.15, 0.2) is 6.10 Å². The fraction of sp³-hybridized carbons (Fsp3) is 0.866. The van der Waals surface area contributed by atoms with Crippen LogP contribution in [-0.2, 0) is 28.6 Å². The van der Waals surface area contributed by atoms with Gasteiger partial charge in [0.2, 0.25) is 0 Å². The van der Waals surface area contributed by atoms with E-state index in [-0.39, 0.29) is 31.1 Å². The summed E-state index contributed by atoms with van der Waals surface area (Å²) < 4.78 is 16.9. The van der Waals surface area contributed by atoms with Crippen molar-refractivity contribution in [1.29, 1.82) is 0 Å². The van der Waals surface area contributed by atoms with Crippen LogP contribution >= 0.6 is 0 Å². The van der Waals surface area contributed by atoms with Crippen LogP contribution < -0.4 is 0 Å². The Morgan fingerprint density at radius 2 is 0.493 bits per heavy atom. The summed E-state index contributed by atoms with van der Waals surface area (Å²) in [5.41, 5.74) is 0. The zero-order chi connectivity index (χ0) is 52.9. The molecule has 0 heterocycles. The Bertz CT molecular complexity index is 1220. The third-order valence-corrected chi connectivity index (χ3v) is 14.6. The second-order valence-electron chi connectivity index (χ2n) is 22.0. The first kappa shape index (κ1) is 70.6. The number of allylic oxidation sites excluding steroid dienone is 6. The molecule has 0 amide bonds. The van der Waals surface area contributed by atoms with E-state index in [4.69, 9.17) is 14.2 Å². The molecule has 0 aromatic rings. The predicted octanol–water partition coefficient (Wildman–Crippen LogP) is 22.0. The standard InChI is InChI=1S/C67H124O6/c1-4-7-10-13-16-18-20-22-24-26-28-30-31-32-33-34-35-37-38-40-42-44-46-48-51-54-57-60-66(69)72-63-64(62-71-65(68)59-56-53-50-15-12-9-6-3)73-67(70)61-58-55-52-49-47-45-43-41-39-36-29-27-25-23-21-19-17-14-11-8-5-2/h20,22,26-29,64H,4-19,21,23-25,30-63H2,1-3H3/b22-20-,28-26-,29-27-. The summed E-state index contributed by atoms with van der Waals surface area (Å²) in [4.78, 5) is 38.1. The average molecular weight is 1030 g/mol. The van der Waals surface area contributed by atoms with Crippen LogP contribution in [0.25, 0.3) is 0 Å². The average Bonchev–Trinajstić information content (AvgIpc) is 3.39. The molecule has 1 unspecified atom stereocenters. The molecule has 0 aromatic heterocycles. The van der Waals surface area contributed by atoms with Crippen LogP contribution in [0, 0.1) is 0 Å². The molecule has 428 valence electrons. The van der Waals surface area contributed by atoms with E-state index in [1.165, 1.54) is 250 Å². The molecule has 0 saturated carbocycles. The van der Waals surface area contributed by atoms with Gasteiger partial charge in [0.1, 0.15) is 13.2 Å². The topological polar surface area (TPSA) is 78.9 Å². The highest BCUT2D eigenvalue weighted by molar-refractivity contribution is 5.71. The summed E-state index contributed by atoms with van der Waals surface area (Å²) in [6, 6.07) is 0. The third-order valence-electron chi connectivity index (χ3n) is 14.6. The summed E-state index contributed by atoms with van der Waals surface area (Å²) >= 11 is 0. The van der Waals surface area contributed by atoms with Gasteiger partial charge in [-0.3, -0.25) is 14.4 Å². The number of carbonyl (C=O) groups excluding carboxylic acids is 3. The van der Waals surface area contributed by atoms with Crippen molar-refractivity contribution in [3.05, 3.63) is 36.5 Å². The van der Waals surface area contributed by atoms with Crippen molar-refractivity contribution in [2.75, 3.05) is 13.2 Å². The molecule has 6 heteroatoms. The van der Waals surface area contributed by atoms with Gasteiger partial charge in [-0.25, -0.2) is 0 Å². The van der Waals surface area contributed by atoms with Gasteiger partial charge in [-0.15, -0.1) is 0 Å². The van der Waals surface area contributed by atoms with Crippen LogP contribution in [0.4, 0.5) is 0 Å². The van der Waals surface area contributed by atoms with E-state index >= 15 is 0 Å². The lowest BCUT2D eigenvalue weighted by atomic mass is 10.0. The quantitative estimate of drug-likeness (QED) is 0.0261. The highest BCUT2D eigenvalue weighted by Gasteiger charge is 2.19. The summed E-state index contributed by atoms with van der Waals surface area (Å²) in [7, 11) is 0. The van der Waals surface area contributed by atoms with Crippen LogP contribution in [0.15, 0.2) is 36.5 Å². The molecule has 0 spiro atoms. The van der Waals surface area contributed by atoms with Gasteiger partial charge in [-0.05, 0) is 77.0 Å². The fourth-order valence-electron chi connectivity index (χ4n) is 9.71. The lowest BCUT2D eigenvalue weighted by Crippen LogP contribution is -2.30. The molecule has 0 aliphatic rings. The first-order valence-corrected chi connectivity index (χ1v) is 32.5. The van der Waals surface area contributed by atoms with Crippen LogP contribution in [0.3, 0.4) is 0 Å². The van der Waals surface area contributed by atoms with Crippen molar-refractivity contribution in [3.63, 3.8) is 0 Å². The molecule has 0 aromatic carbocycles. The van der Waals surface area contributed by atoms with Crippen LogP contribution in [0.2, 0.25) is 0 Å². The number of rotatable bonds is 60. The predicted molar refractivity (Wildman–Crippen MR) is 316 cm³/mol. The second kappa shape index (κ2) is 62.2. The van der Waals surface area contributed by atoms with Crippen LogP contribution in [0.1, 0.15) is 355 Å². The largest absolute Gasteiger partial charge is 0.462 e. The number of ether oxygens (including phenoxy) is 3. The molecule has 73 heavy (non-hydrogen) atoms. The highest BCUT2D eigenvalue weighted by atomic mass is 16.6. The minimum Gasteiger partial charge on any atom is -0.462 e. The number of esters is 3. The molecule has 0 aliphatic carbocycles. The maximum atomic E-state index is 12.9. The molecule has 0 N–H and O–H groups in total. The number of hydrogen-bond donors (Lipinski definition) is 0.